The van der Waals surface area contributed by atoms with Crippen LogP contribution in [0.4, 0.5) is 0 Å². The minimum atomic E-state index is -0.180. The number of nitrogens with zero attached hydrogens (tertiary/aromatic N) is 2. The summed E-state index contributed by atoms with van der Waals surface area (Å²) in [6.45, 7) is 4.07. The van der Waals surface area contributed by atoms with Crippen molar-refractivity contribution in [2.75, 3.05) is 0 Å². The second-order valence-electron chi connectivity index (χ2n) is 3.29. The van der Waals surface area contributed by atoms with Crippen molar-refractivity contribution in [1.82, 2.24) is 4.98 Å². The summed E-state index contributed by atoms with van der Waals surface area (Å²) in [5.41, 5.74) is 0. The van der Waals surface area contributed by atoms with Gasteiger partial charge in [0, 0.05) is 0 Å². The molecule has 0 aliphatic carbocycles. The smallest absolute Gasteiger partial charge is 0.139 e. The summed E-state index contributed by atoms with van der Waals surface area (Å²) in [7, 11) is 2.73. The van der Waals surface area contributed by atoms with E-state index in [0.717, 1.165) is 15.0 Å². The molecule has 0 N–H and O–H groups in total. The number of aryl methyl sites for hydroxylation is 1. The lowest BCUT2D eigenvalue weighted by Gasteiger charge is -2.11. The van der Waals surface area contributed by atoms with E-state index >= 15 is 0 Å². The second kappa shape index (κ2) is 3.00. The number of hydrogen-bond acceptors (Lipinski definition) is 3. The fraction of sp³-hybridized carbons (Fsp3) is 0.333. The van der Waals surface area contributed by atoms with Crippen LogP contribution < -0.4 is 10.0 Å². The first kappa shape index (κ1) is 9.04. The molecule has 0 fully saturated rings. The van der Waals surface area contributed by atoms with E-state index in [1.165, 1.54) is 0 Å². The molecule has 0 radical (unpaired) electrons. The molecule has 2 atom stereocenters. The van der Waals surface area contributed by atoms with Gasteiger partial charge in [-0.1, -0.05) is 23.5 Å². The molecule has 2 rings (SSSR count). The van der Waals surface area contributed by atoms with Crippen molar-refractivity contribution in [3.8, 4) is 0 Å². The number of thiazole rings is 1. The average molecular weight is 210 g/mol. The van der Waals surface area contributed by atoms with E-state index in [1.807, 2.05) is 19.1 Å². The maximum atomic E-state index is 4.59. The lowest BCUT2D eigenvalue weighted by molar-refractivity contribution is 0.823. The van der Waals surface area contributed by atoms with Gasteiger partial charge in [0.05, 0.1) is 15.6 Å². The van der Waals surface area contributed by atoms with Crippen LogP contribution >= 0.6 is 20.6 Å². The lowest BCUT2D eigenvalue weighted by atomic mass is 10.3. The highest BCUT2D eigenvalue weighted by Gasteiger charge is 2.13. The molecule has 0 spiro atoms. The van der Waals surface area contributed by atoms with Crippen LogP contribution in [0.2, 0.25) is 0 Å². The standard InChI is InChI=1S/C9H11N2PS/c1-6-10-7-4-3-5-9(2,12)11-8(7)13-6/h3-5H,12H2,1-2H3. The first-order valence-electron chi connectivity index (χ1n) is 4.09. The molecular formula is C9H11N2PS. The van der Waals surface area contributed by atoms with E-state index in [9.17, 15) is 0 Å². The van der Waals surface area contributed by atoms with Crippen LogP contribution in [0.3, 0.4) is 0 Å². The summed E-state index contributed by atoms with van der Waals surface area (Å²) in [6, 6.07) is 0. The minimum absolute atomic E-state index is 0.180. The Kier molecular flexibility index (Phi) is 2.09. The summed E-state index contributed by atoms with van der Waals surface area (Å²) in [5, 5.41) is 1.88. The van der Waals surface area contributed by atoms with Crippen molar-refractivity contribution in [2.45, 2.75) is 19.1 Å². The Bertz CT molecular complexity index is 470. The normalized spacial score (nSPS) is 25.8. The van der Waals surface area contributed by atoms with Gasteiger partial charge in [0.25, 0.3) is 0 Å². The number of allylic oxidation sites excluding steroid dienone is 1. The monoisotopic (exact) mass is 210 g/mol. The Morgan fingerprint density at radius 1 is 1.54 bits per heavy atom. The van der Waals surface area contributed by atoms with Crippen LogP contribution in [-0.4, -0.2) is 10.3 Å². The number of rotatable bonds is 0. The van der Waals surface area contributed by atoms with Crippen molar-refractivity contribution in [2.24, 2.45) is 4.99 Å². The maximum Gasteiger partial charge on any atom is 0.139 e. The van der Waals surface area contributed by atoms with Crippen molar-refractivity contribution in [3.05, 3.63) is 27.2 Å². The summed E-state index contributed by atoms with van der Waals surface area (Å²) in [5.74, 6) is 0. The van der Waals surface area contributed by atoms with Crippen LogP contribution in [0, 0.1) is 6.92 Å². The molecule has 0 aromatic carbocycles. The van der Waals surface area contributed by atoms with E-state index in [-0.39, 0.29) is 5.28 Å². The molecule has 13 heavy (non-hydrogen) atoms. The molecule has 0 amide bonds. The molecule has 68 valence electrons. The predicted octanol–water partition coefficient (Wildman–Crippen LogP) is 1.01. The van der Waals surface area contributed by atoms with Crippen LogP contribution in [0.15, 0.2) is 17.1 Å². The average Bonchev–Trinajstić information content (AvgIpc) is 2.23. The Morgan fingerprint density at radius 2 is 2.31 bits per heavy atom. The summed E-state index contributed by atoms with van der Waals surface area (Å²) in [4.78, 5) is 8.98. The van der Waals surface area contributed by atoms with E-state index < -0.39 is 0 Å². The zero-order valence-electron chi connectivity index (χ0n) is 7.61. The van der Waals surface area contributed by atoms with Crippen LogP contribution in [0.5, 0.6) is 0 Å². The topological polar surface area (TPSA) is 25.2 Å². The molecule has 1 aliphatic rings. The fourth-order valence-corrected chi connectivity index (χ4v) is 2.43. The van der Waals surface area contributed by atoms with Gasteiger partial charge in [0.2, 0.25) is 0 Å². The molecule has 2 nitrogen and oxygen atoms in total. The van der Waals surface area contributed by atoms with Gasteiger partial charge >= 0.3 is 0 Å². The molecule has 0 saturated heterocycles. The van der Waals surface area contributed by atoms with Crippen LogP contribution in [0.25, 0.3) is 6.08 Å². The predicted molar refractivity (Wildman–Crippen MR) is 59.4 cm³/mol. The molecule has 0 saturated carbocycles. The molecule has 4 heteroatoms. The Balaban J connectivity index is 2.76. The zero-order valence-corrected chi connectivity index (χ0v) is 9.58. The number of fused-ring (bicyclic) bond motifs is 1. The van der Waals surface area contributed by atoms with Gasteiger partial charge in [-0.2, -0.15) is 0 Å². The Labute approximate surface area is 83.3 Å². The van der Waals surface area contributed by atoms with Crippen LogP contribution in [0.1, 0.15) is 11.9 Å². The highest BCUT2D eigenvalue weighted by Crippen LogP contribution is 2.20. The fourth-order valence-electron chi connectivity index (χ4n) is 1.21. The molecule has 2 unspecified atom stereocenters. The van der Waals surface area contributed by atoms with Crippen molar-refractivity contribution in [1.29, 1.82) is 0 Å². The first-order valence-corrected chi connectivity index (χ1v) is 5.48. The highest BCUT2D eigenvalue weighted by atomic mass is 32.1. The second-order valence-corrected chi connectivity index (χ2v) is 5.64. The van der Waals surface area contributed by atoms with E-state index in [4.69, 9.17) is 0 Å². The van der Waals surface area contributed by atoms with Gasteiger partial charge in [-0.15, -0.1) is 9.24 Å². The third-order valence-electron chi connectivity index (χ3n) is 1.77. The van der Waals surface area contributed by atoms with Gasteiger partial charge in [0.1, 0.15) is 4.67 Å². The van der Waals surface area contributed by atoms with Gasteiger partial charge in [0.15, 0.2) is 0 Å². The maximum absolute atomic E-state index is 4.59. The first-order chi connectivity index (χ1) is 6.07. The van der Waals surface area contributed by atoms with Gasteiger partial charge in [-0.25, -0.2) is 4.98 Å². The van der Waals surface area contributed by atoms with E-state index in [0.29, 0.717) is 0 Å². The Hall–Kier alpha value is -0.530. The molecule has 1 aliphatic heterocycles. The van der Waals surface area contributed by atoms with E-state index in [1.54, 1.807) is 11.3 Å². The van der Waals surface area contributed by atoms with Gasteiger partial charge < -0.3 is 0 Å². The quantitative estimate of drug-likeness (QED) is 0.587. The number of aromatic nitrogens is 1. The van der Waals surface area contributed by atoms with Crippen LogP contribution in [-0.2, 0) is 0 Å². The summed E-state index contributed by atoms with van der Waals surface area (Å²) in [6.07, 6.45) is 6.08. The third kappa shape index (κ3) is 1.87. The zero-order chi connectivity index (χ0) is 9.47. The summed E-state index contributed by atoms with van der Waals surface area (Å²) >= 11 is 1.64. The summed E-state index contributed by atoms with van der Waals surface area (Å²) < 4.78 is 1.03. The van der Waals surface area contributed by atoms with Crippen molar-refractivity contribution < 1.29 is 0 Å². The van der Waals surface area contributed by atoms with Crippen molar-refractivity contribution >= 4 is 26.7 Å². The minimum Gasteiger partial charge on any atom is -0.258 e. The number of hydrogen-bond donors (Lipinski definition) is 0. The lowest BCUT2D eigenvalue weighted by Crippen LogP contribution is -2.23. The molecule has 0 bridgehead atoms. The molecular weight excluding hydrogens is 199 g/mol. The van der Waals surface area contributed by atoms with E-state index in [2.05, 4.69) is 32.2 Å². The molecule has 1 aromatic rings. The third-order valence-corrected chi connectivity index (χ3v) is 2.97. The SMILES string of the molecule is Cc1nc2c(s1)=NC(C)(P)C=CC=2. The molecule has 1 aromatic heterocycles. The van der Waals surface area contributed by atoms with Crippen molar-refractivity contribution in [3.63, 3.8) is 0 Å². The largest absolute Gasteiger partial charge is 0.258 e. The van der Waals surface area contributed by atoms with Gasteiger partial charge in [-0.3, -0.25) is 4.99 Å². The molecule has 2 heterocycles. The van der Waals surface area contributed by atoms with Gasteiger partial charge in [-0.05, 0) is 19.9 Å². The highest BCUT2D eigenvalue weighted by molar-refractivity contribution is 7.19. The Morgan fingerprint density at radius 3 is 3.08 bits per heavy atom.